The van der Waals surface area contributed by atoms with Crippen molar-refractivity contribution in [2.24, 2.45) is 0 Å². The number of benzene rings is 1. The number of fused-ring (bicyclic) bond motifs is 1. The van der Waals surface area contributed by atoms with Gasteiger partial charge >= 0.3 is 5.69 Å². The van der Waals surface area contributed by atoms with Crippen LogP contribution in [0, 0.1) is 0 Å². The first-order chi connectivity index (χ1) is 17.0. The normalized spacial score (nSPS) is 11.3. The number of rotatable bonds is 9. The van der Waals surface area contributed by atoms with E-state index in [1.165, 1.54) is 23.8 Å². The third-order valence-corrected chi connectivity index (χ3v) is 5.46. The van der Waals surface area contributed by atoms with E-state index < -0.39 is 17.2 Å². The summed E-state index contributed by atoms with van der Waals surface area (Å²) >= 11 is 6.23. The number of H-pyrrole nitrogens is 1. The molecule has 0 spiro atoms. The Bertz CT molecular complexity index is 1490. The third kappa shape index (κ3) is 5.51. The molecule has 0 atom stereocenters. The van der Waals surface area contributed by atoms with Crippen molar-refractivity contribution in [1.29, 1.82) is 0 Å². The van der Waals surface area contributed by atoms with E-state index in [-0.39, 0.29) is 29.8 Å². The molecule has 0 saturated heterocycles. The zero-order chi connectivity index (χ0) is 24.8. The highest BCUT2D eigenvalue weighted by molar-refractivity contribution is 6.31. The van der Waals surface area contributed by atoms with Gasteiger partial charge in [-0.3, -0.25) is 23.5 Å². The lowest BCUT2D eigenvalue weighted by molar-refractivity contribution is -0.111. The summed E-state index contributed by atoms with van der Waals surface area (Å²) in [7, 11) is 1.49. The van der Waals surface area contributed by atoms with Gasteiger partial charge in [0.15, 0.2) is 5.15 Å². The molecule has 0 saturated carbocycles. The molecule has 10 nitrogen and oxygen atoms in total. The first kappa shape index (κ1) is 24.0. The van der Waals surface area contributed by atoms with Crippen LogP contribution in [-0.4, -0.2) is 38.6 Å². The second-order valence-corrected chi connectivity index (χ2v) is 7.86. The molecule has 0 aliphatic heterocycles. The van der Waals surface area contributed by atoms with Crippen LogP contribution >= 0.6 is 11.6 Å². The highest BCUT2D eigenvalue weighted by atomic mass is 35.5. The maximum atomic E-state index is 12.9. The number of aromatic nitrogens is 4. The second-order valence-electron chi connectivity index (χ2n) is 7.51. The molecule has 0 bridgehead atoms. The zero-order valence-electron chi connectivity index (χ0n) is 18.8. The molecular weight excluding hydrogens is 472 g/mol. The number of pyridine rings is 1. The number of carbonyl (C=O) groups is 1. The van der Waals surface area contributed by atoms with Crippen LogP contribution in [0.1, 0.15) is 11.3 Å². The summed E-state index contributed by atoms with van der Waals surface area (Å²) in [4.78, 5) is 44.6. The molecule has 4 rings (SSSR count). The minimum absolute atomic E-state index is 0.0330. The molecule has 3 heterocycles. The van der Waals surface area contributed by atoms with E-state index in [2.05, 4.69) is 20.6 Å². The number of nitrogens with zero attached hydrogens (tertiary/aromatic N) is 3. The predicted octanol–water partition coefficient (Wildman–Crippen LogP) is 2.75. The summed E-state index contributed by atoms with van der Waals surface area (Å²) in [5, 5.41) is 5.93. The number of nitrogens with one attached hydrogen (secondary N) is 3. The zero-order valence-corrected chi connectivity index (χ0v) is 19.6. The van der Waals surface area contributed by atoms with Crippen LogP contribution in [0.2, 0.25) is 5.15 Å². The molecule has 0 unspecified atom stereocenters. The minimum atomic E-state index is -0.665. The van der Waals surface area contributed by atoms with Gasteiger partial charge in [0, 0.05) is 25.9 Å². The molecule has 3 aromatic heterocycles. The quantitative estimate of drug-likeness (QED) is 0.307. The molecule has 180 valence electrons. The Labute approximate surface area is 204 Å². The molecule has 35 heavy (non-hydrogen) atoms. The van der Waals surface area contributed by atoms with Gasteiger partial charge in [0.25, 0.3) is 5.56 Å². The number of hydrogen-bond donors (Lipinski definition) is 3. The molecule has 11 heteroatoms. The van der Waals surface area contributed by atoms with Crippen molar-refractivity contribution in [3.63, 3.8) is 0 Å². The highest BCUT2D eigenvalue weighted by Crippen LogP contribution is 2.20. The Hall–Kier alpha value is -4.15. The summed E-state index contributed by atoms with van der Waals surface area (Å²) in [6, 6.07) is 14.9. The van der Waals surface area contributed by atoms with Crippen LogP contribution in [0.4, 0.5) is 11.5 Å². The van der Waals surface area contributed by atoms with Crippen molar-refractivity contribution in [3.8, 4) is 0 Å². The Morgan fingerprint density at radius 2 is 1.94 bits per heavy atom. The second kappa shape index (κ2) is 10.9. The lowest BCUT2D eigenvalue weighted by atomic mass is 10.2. The summed E-state index contributed by atoms with van der Waals surface area (Å²) in [5.74, 6) is -0.531. The molecule has 0 radical (unpaired) electrons. The van der Waals surface area contributed by atoms with Crippen molar-refractivity contribution < 1.29 is 9.53 Å². The summed E-state index contributed by atoms with van der Waals surface area (Å²) < 4.78 is 8.07. The van der Waals surface area contributed by atoms with Crippen LogP contribution in [0.3, 0.4) is 0 Å². The van der Waals surface area contributed by atoms with Crippen LogP contribution in [-0.2, 0) is 22.6 Å². The largest absolute Gasteiger partial charge is 0.383 e. The summed E-state index contributed by atoms with van der Waals surface area (Å²) in [5.41, 5.74) is 0.806. The first-order valence-corrected chi connectivity index (χ1v) is 11.1. The fourth-order valence-electron chi connectivity index (χ4n) is 3.50. The number of aromatic amines is 1. The standard InChI is InChI=1S/C24H23ClN6O4/c1-35-14-13-31-22(20(23(33)29-24(31)34)26-15-16-7-3-2-4-8-16)28-19(32)11-10-17-21(25)27-18-9-5-6-12-30(17)18/h2-12,26H,13-15H2,1H3,(H,28,32)(H,29,33,34)/b11-10+. The molecular formula is C24H23ClN6O4. The van der Waals surface area contributed by atoms with Gasteiger partial charge in [-0.05, 0) is 23.8 Å². The van der Waals surface area contributed by atoms with Crippen LogP contribution in [0.15, 0.2) is 70.4 Å². The van der Waals surface area contributed by atoms with Crippen molar-refractivity contribution in [2.45, 2.75) is 13.1 Å². The van der Waals surface area contributed by atoms with Crippen molar-refractivity contribution in [2.75, 3.05) is 24.4 Å². The van der Waals surface area contributed by atoms with Gasteiger partial charge in [0.2, 0.25) is 5.91 Å². The fourth-order valence-corrected chi connectivity index (χ4v) is 3.74. The molecule has 1 aromatic carbocycles. The first-order valence-electron chi connectivity index (χ1n) is 10.7. The number of anilines is 2. The average molecular weight is 495 g/mol. The lowest BCUT2D eigenvalue weighted by Gasteiger charge is -2.17. The van der Waals surface area contributed by atoms with Crippen LogP contribution in [0.5, 0.6) is 0 Å². The van der Waals surface area contributed by atoms with E-state index in [4.69, 9.17) is 16.3 Å². The molecule has 0 fully saturated rings. The van der Waals surface area contributed by atoms with Gasteiger partial charge in [-0.1, -0.05) is 48.0 Å². The number of carbonyl (C=O) groups excluding carboxylic acids is 1. The van der Waals surface area contributed by atoms with E-state index in [1.54, 1.807) is 16.7 Å². The smallest absolute Gasteiger partial charge is 0.330 e. The van der Waals surface area contributed by atoms with Crippen molar-refractivity contribution in [3.05, 3.63) is 98.1 Å². The molecule has 0 aliphatic carbocycles. The van der Waals surface area contributed by atoms with E-state index in [1.807, 2.05) is 42.5 Å². The number of halogens is 1. The molecule has 0 aliphatic rings. The highest BCUT2D eigenvalue weighted by Gasteiger charge is 2.17. The summed E-state index contributed by atoms with van der Waals surface area (Å²) in [6.07, 6.45) is 4.55. The Balaban J connectivity index is 1.66. The number of ether oxygens (including phenoxy) is 1. The number of hydrogen-bond acceptors (Lipinski definition) is 6. The van der Waals surface area contributed by atoms with Gasteiger partial charge in [-0.2, -0.15) is 0 Å². The molecule has 4 aromatic rings. The maximum absolute atomic E-state index is 12.9. The predicted molar refractivity (Wildman–Crippen MR) is 135 cm³/mol. The van der Waals surface area contributed by atoms with E-state index in [0.717, 1.165) is 5.56 Å². The maximum Gasteiger partial charge on any atom is 0.330 e. The number of imidazole rings is 1. The monoisotopic (exact) mass is 494 g/mol. The van der Waals surface area contributed by atoms with Crippen LogP contribution in [0.25, 0.3) is 11.7 Å². The van der Waals surface area contributed by atoms with E-state index >= 15 is 0 Å². The molecule has 3 N–H and O–H groups in total. The van der Waals surface area contributed by atoms with E-state index in [9.17, 15) is 14.4 Å². The Morgan fingerprint density at radius 1 is 1.17 bits per heavy atom. The Kier molecular flexibility index (Phi) is 7.44. The topological polar surface area (TPSA) is 123 Å². The van der Waals surface area contributed by atoms with E-state index in [0.29, 0.717) is 17.9 Å². The SMILES string of the molecule is COCCn1c(NC(=O)/C=C/c2c(Cl)nc3ccccn23)c(NCc2ccccc2)c(=O)[nH]c1=O. The number of methoxy groups -OCH3 is 1. The Morgan fingerprint density at radius 3 is 2.71 bits per heavy atom. The average Bonchev–Trinajstić information content (AvgIpc) is 3.17. The van der Waals surface area contributed by atoms with Gasteiger partial charge in [-0.25, -0.2) is 9.78 Å². The fraction of sp³-hybridized carbons (Fsp3) is 0.167. The van der Waals surface area contributed by atoms with Gasteiger partial charge < -0.3 is 15.4 Å². The van der Waals surface area contributed by atoms with Crippen molar-refractivity contribution in [1.82, 2.24) is 18.9 Å². The minimum Gasteiger partial charge on any atom is -0.383 e. The third-order valence-electron chi connectivity index (χ3n) is 5.19. The van der Waals surface area contributed by atoms with Crippen molar-refractivity contribution >= 4 is 40.7 Å². The van der Waals surface area contributed by atoms with Gasteiger partial charge in [0.1, 0.15) is 17.2 Å². The number of amides is 1. The summed E-state index contributed by atoms with van der Waals surface area (Å²) in [6.45, 7) is 0.618. The lowest BCUT2D eigenvalue weighted by Crippen LogP contribution is -2.36. The van der Waals surface area contributed by atoms with Gasteiger partial charge in [-0.15, -0.1) is 0 Å². The van der Waals surface area contributed by atoms with Gasteiger partial charge in [0.05, 0.1) is 18.8 Å². The van der Waals surface area contributed by atoms with Crippen LogP contribution < -0.4 is 21.9 Å². The molecule has 1 amide bonds.